The van der Waals surface area contributed by atoms with E-state index >= 15 is 0 Å². The van der Waals surface area contributed by atoms with Crippen LogP contribution in [0.2, 0.25) is 0 Å². The van der Waals surface area contributed by atoms with Gasteiger partial charge in [0.15, 0.2) is 0 Å². The molecule has 1 N–H and O–H groups in total. The number of amides is 1. The number of nitrogens with one attached hydrogen (secondary N) is 1. The van der Waals surface area contributed by atoms with Gasteiger partial charge >= 0.3 is 0 Å². The van der Waals surface area contributed by atoms with Crippen molar-refractivity contribution in [3.63, 3.8) is 0 Å². The summed E-state index contributed by atoms with van der Waals surface area (Å²) >= 11 is 0. The third-order valence-corrected chi connectivity index (χ3v) is 7.69. The van der Waals surface area contributed by atoms with E-state index in [9.17, 15) is 9.00 Å². The summed E-state index contributed by atoms with van der Waals surface area (Å²) in [4.78, 5) is 24.3. The van der Waals surface area contributed by atoms with Crippen molar-refractivity contribution < 1.29 is 9.00 Å². The lowest BCUT2D eigenvalue weighted by atomic mass is 10.1. The first-order valence-corrected chi connectivity index (χ1v) is 12.4. The van der Waals surface area contributed by atoms with E-state index in [0.717, 1.165) is 48.6 Å². The SMILES string of the molecule is Cc1cnc2ncc(C(=O)NCc3ccc(S(=O)C4CCN(CC(C)C)CC4)cc3)cn12. The van der Waals surface area contributed by atoms with Crippen molar-refractivity contribution in [1.82, 2.24) is 24.6 Å². The predicted molar refractivity (Wildman–Crippen MR) is 126 cm³/mol. The van der Waals surface area contributed by atoms with Gasteiger partial charge in [-0.25, -0.2) is 9.97 Å². The molecule has 0 spiro atoms. The number of aromatic nitrogens is 3. The number of fused-ring (bicyclic) bond motifs is 1. The Balaban J connectivity index is 1.31. The number of piperidine rings is 1. The van der Waals surface area contributed by atoms with Crippen LogP contribution >= 0.6 is 0 Å². The number of nitrogens with zero attached hydrogens (tertiary/aromatic N) is 4. The van der Waals surface area contributed by atoms with Crippen molar-refractivity contribution >= 4 is 22.5 Å². The number of hydrogen-bond donors (Lipinski definition) is 1. The van der Waals surface area contributed by atoms with Gasteiger partial charge in [-0.15, -0.1) is 0 Å². The minimum atomic E-state index is -0.991. The maximum atomic E-state index is 13.0. The van der Waals surface area contributed by atoms with Crippen LogP contribution in [-0.2, 0) is 17.3 Å². The summed E-state index contributed by atoms with van der Waals surface area (Å²) in [5, 5.41) is 3.15. The van der Waals surface area contributed by atoms with Gasteiger partial charge in [0, 0.05) is 41.3 Å². The molecule has 7 nitrogen and oxygen atoms in total. The van der Waals surface area contributed by atoms with E-state index < -0.39 is 10.8 Å². The molecule has 3 heterocycles. The highest BCUT2D eigenvalue weighted by molar-refractivity contribution is 7.85. The summed E-state index contributed by atoms with van der Waals surface area (Å²) in [5.74, 6) is 1.06. The fourth-order valence-corrected chi connectivity index (χ4v) is 5.57. The summed E-state index contributed by atoms with van der Waals surface area (Å²) < 4.78 is 14.8. The van der Waals surface area contributed by atoms with E-state index in [-0.39, 0.29) is 11.2 Å². The molecule has 2 aromatic heterocycles. The van der Waals surface area contributed by atoms with Gasteiger partial charge in [0.05, 0.1) is 22.6 Å². The Morgan fingerprint density at radius 2 is 1.84 bits per heavy atom. The molecule has 0 bridgehead atoms. The van der Waals surface area contributed by atoms with E-state index in [0.29, 0.717) is 23.8 Å². The fraction of sp³-hybridized carbons (Fsp3) is 0.458. The molecule has 0 saturated carbocycles. The minimum Gasteiger partial charge on any atom is -0.348 e. The molecule has 32 heavy (non-hydrogen) atoms. The minimum absolute atomic E-state index is 0.187. The average Bonchev–Trinajstić information content (AvgIpc) is 3.17. The summed E-state index contributed by atoms with van der Waals surface area (Å²) in [6.07, 6.45) is 6.97. The summed E-state index contributed by atoms with van der Waals surface area (Å²) in [6, 6.07) is 7.76. The standard InChI is InChI=1S/C24H31N5O2S/c1-17(2)15-28-10-8-22(9-11-28)32(31)21-6-4-19(5-7-21)13-25-23(30)20-14-27-24-26-12-18(3)29(24)16-20/h4-7,12,14,16-17,22H,8-11,13,15H2,1-3H3,(H,25,30). The van der Waals surface area contributed by atoms with Crippen LogP contribution in [0.15, 0.2) is 47.8 Å². The van der Waals surface area contributed by atoms with Crippen molar-refractivity contribution in [3.05, 3.63) is 59.7 Å². The second-order valence-corrected chi connectivity index (χ2v) is 10.7. The predicted octanol–water partition coefficient (Wildman–Crippen LogP) is 3.20. The molecule has 1 aliphatic heterocycles. The molecular weight excluding hydrogens is 422 g/mol. The summed E-state index contributed by atoms with van der Waals surface area (Å²) in [5.41, 5.74) is 2.38. The smallest absolute Gasteiger partial charge is 0.254 e. The van der Waals surface area contributed by atoms with Gasteiger partial charge in [0.1, 0.15) is 0 Å². The van der Waals surface area contributed by atoms with Gasteiger partial charge in [0.2, 0.25) is 5.78 Å². The average molecular weight is 454 g/mol. The molecule has 1 atom stereocenters. The van der Waals surface area contributed by atoms with E-state index in [1.807, 2.05) is 31.2 Å². The molecule has 4 rings (SSSR count). The molecular formula is C24H31N5O2S. The Morgan fingerprint density at radius 1 is 1.16 bits per heavy atom. The Bertz CT molecular complexity index is 1100. The molecule has 8 heteroatoms. The van der Waals surface area contributed by atoms with Crippen LogP contribution in [0.3, 0.4) is 0 Å². The van der Waals surface area contributed by atoms with Gasteiger partial charge in [-0.05, 0) is 56.5 Å². The molecule has 0 radical (unpaired) electrons. The summed E-state index contributed by atoms with van der Waals surface area (Å²) in [7, 11) is -0.991. The van der Waals surface area contributed by atoms with Crippen molar-refractivity contribution in [2.45, 2.75) is 50.3 Å². The molecule has 1 saturated heterocycles. The topological polar surface area (TPSA) is 79.6 Å². The van der Waals surface area contributed by atoms with Gasteiger partial charge in [-0.1, -0.05) is 26.0 Å². The first kappa shape index (κ1) is 22.6. The third kappa shape index (κ3) is 5.24. The molecule has 1 aliphatic rings. The van der Waals surface area contributed by atoms with E-state index in [1.165, 1.54) is 6.20 Å². The van der Waals surface area contributed by atoms with E-state index in [4.69, 9.17) is 0 Å². The number of likely N-dealkylation sites (tertiary alicyclic amines) is 1. The summed E-state index contributed by atoms with van der Waals surface area (Å²) in [6.45, 7) is 9.97. The molecule has 1 unspecified atom stereocenters. The zero-order chi connectivity index (χ0) is 22.7. The number of rotatable bonds is 7. The Kier molecular flexibility index (Phi) is 7.01. The van der Waals surface area contributed by atoms with Crippen LogP contribution in [-0.4, -0.2) is 54.3 Å². The Morgan fingerprint density at radius 3 is 2.53 bits per heavy atom. The van der Waals surface area contributed by atoms with Crippen molar-refractivity contribution in [3.8, 4) is 0 Å². The maximum absolute atomic E-state index is 13.0. The van der Waals surface area contributed by atoms with E-state index in [2.05, 4.69) is 34.0 Å². The highest BCUT2D eigenvalue weighted by atomic mass is 32.2. The van der Waals surface area contributed by atoms with Crippen molar-refractivity contribution in [2.75, 3.05) is 19.6 Å². The number of aryl methyl sites for hydroxylation is 1. The van der Waals surface area contributed by atoms with Gasteiger partial charge in [-0.2, -0.15) is 0 Å². The first-order valence-electron chi connectivity index (χ1n) is 11.2. The molecule has 170 valence electrons. The van der Waals surface area contributed by atoms with Crippen LogP contribution in [0.4, 0.5) is 0 Å². The van der Waals surface area contributed by atoms with Crippen LogP contribution in [0.1, 0.15) is 48.3 Å². The largest absolute Gasteiger partial charge is 0.348 e. The Hall–Kier alpha value is -2.58. The zero-order valence-electron chi connectivity index (χ0n) is 19.0. The number of carbonyl (C=O) groups is 1. The van der Waals surface area contributed by atoms with Crippen LogP contribution in [0.5, 0.6) is 0 Å². The number of benzene rings is 1. The van der Waals surface area contributed by atoms with E-state index in [1.54, 1.807) is 16.8 Å². The molecule has 0 aliphatic carbocycles. The second kappa shape index (κ2) is 9.92. The first-order chi connectivity index (χ1) is 15.4. The highest BCUT2D eigenvalue weighted by Crippen LogP contribution is 2.22. The van der Waals surface area contributed by atoms with Crippen LogP contribution in [0.25, 0.3) is 5.78 Å². The van der Waals surface area contributed by atoms with Crippen LogP contribution in [0, 0.1) is 12.8 Å². The molecule has 1 fully saturated rings. The van der Waals surface area contributed by atoms with Crippen LogP contribution < -0.4 is 5.32 Å². The third-order valence-electron chi connectivity index (χ3n) is 5.88. The number of hydrogen-bond acceptors (Lipinski definition) is 5. The lowest BCUT2D eigenvalue weighted by Gasteiger charge is -2.32. The highest BCUT2D eigenvalue weighted by Gasteiger charge is 2.25. The van der Waals surface area contributed by atoms with Crippen molar-refractivity contribution in [1.29, 1.82) is 0 Å². The molecule has 1 amide bonds. The number of imidazole rings is 1. The van der Waals surface area contributed by atoms with Crippen molar-refractivity contribution in [2.24, 2.45) is 5.92 Å². The lowest BCUT2D eigenvalue weighted by Crippen LogP contribution is -2.39. The zero-order valence-corrected chi connectivity index (χ0v) is 19.8. The van der Waals surface area contributed by atoms with Gasteiger partial charge in [0.25, 0.3) is 5.91 Å². The monoisotopic (exact) mass is 453 g/mol. The molecule has 1 aromatic carbocycles. The van der Waals surface area contributed by atoms with Gasteiger partial charge < -0.3 is 10.2 Å². The maximum Gasteiger partial charge on any atom is 0.254 e. The molecule has 3 aromatic rings. The van der Waals surface area contributed by atoms with Gasteiger partial charge in [-0.3, -0.25) is 13.4 Å². The normalized spacial score (nSPS) is 16.5. The number of carbonyl (C=O) groups excluding carboxylic acids is 1. The fourth-order valence-electron chi connectivity index (χ4n) is 4.15. The second-order valence-electron chi connectivity index (χ2n) is 8.93. The Labute approximate surface area is 191 Å². The lowest BCUT2D eigenvalue weighted by molar-refractivity contribution is 0.0950. The quantitative estimate of drug-likeness (QED) is 0.594.